The summed E-state index contributed by atoms with van der Waals surface area (Å²) in [5, 5.41) is 17.6. The Morgan fingerprint density at radius 2 is 2.17 bits per heavy atom. The Kier molecular flexibility index (Phi) is 5.74. The van der Waals surface area contributed by atoms with Crippen LogP contribution in [0.2, 0.25) is 5.02 Å². The molecule has 124 valence electrons. The van der Waals surface area contributed by atoms with Gasteiger partial charge in [-0.3, -0.25) is 4.79 Å². The lowest BCUT2D eigenvalue weighted by atomic mass is 9.97. The van der Waals surface area contributed by atoms with Crippen LogP contribution in [-0.2, 0) is 0 Å². The van der Waals surface area contributed by atoms with Gasteiger partial charge in [0.1, 0.15) is 12.7 Å². The second-order valence-corrected chi connectivity index (χ2v) is 6.16. The Hall–Kier alpha value is -1.92. The highest BCUT2D eigenvalue weighted by Gasteiger charge is 2.24. The lowest BCUT2D eigenvalue weighted by Gasteiger charge is -2.26. The van der Waals surface area contributed by atoms with Crippen LogP contribution < -0.4 is 5.32 Å². The number of amides is 1. The fourth-order valence-corrected chi connectivity index (χ4v) is 2.53. The van der Waals surface area contributed by atoms with Crippen molar-refractivity contribution in [2.24, 2.45) is 5.92 Å². The number of nitrogens with one attached hydrogen (secondary N) is 1. The van der Waals surface area contributed by atoms with Crippen LogP contribution in [-0.4, -0.2) is 37.9 Å². The number of benzene rings is 1. The Morgan fingerprint density at radius 1 is 1.43 bits per heavy atom. The first-order chi connectivity index (χ1) is 10.9. The second-order valence-electron chi connectivity index (χ2n) is 5.72. The molecule has 2 aromatic rings. The molecule has 2 unspecified atom stereocenters. The maximum absolute atomic E-state index is 12.7. The molecule has 23 heavy (non-hydrogen) atoms. The van der Waals surface area contributed by atoms with Gasteiger partial charge >= 0.3 is 0 Å². The van der Waals surface area contributed by atoms with Gasteiger partial charge in [0.15, 0.2) is 0 Å². The molecule has 0 aliphatic rings. The van der Waals surface area contributed by atoms with E-state index in [4.69, 9.17) is 11.6 Å². The number of nitrogens with zero attached hydrogens (tertiary/aromatic N) is 3. The summed E-state index contributed by atoms with van der Waals surface area (Å²) in [7, 11) is 0. The molecule has 6 nitrogen and oxygen atoms in total. The molecular weight excluding hydrogens is 316 g/mol. The molecule has 0 aliphatic carbocycles. The van der Waals surface area contributed by atoms with Crippen LogP contribution in [0.3, 0.4) is 0 Å². The van der Waals surface area contributed by atoms with Gasteiger partial charge in [-0.15, -0.1) is 0 Å². The van der Waals surface area contributed by atoms with Gasteiger partial charge in [-0.05, 0) is 30.5 Å². The highest BCUT2D eigenvalue weighted by molar-refractivity contribution is 6.31. The smallest absolute Gasteiger partial charge is 0.253 e. The van der Waals surface area contributed by atoms with Gasteiger partial charge in [0.2, 0.25) is 0 Å². The number of aliphatic hydroxyl groups excluding tert-OH is 1. The molecule has 0 aliphatic heterocycles. The van der Waals surface area contributed by atoms with Crippen LogP contribution in [0.4, 0.5) is 0 Å². The zero-order valence-electron chi connectivity index (χ0n) is 13.4. The summed E-state index contributed by atoms with van der Waals surface area (Å²) in [5.74, 6) is -0.251. The average Bonchev–Trinajstić information content (AvgIpc) is 3.05. The monoisotopic (exact) mass is 336 g/mol. The first kappa shape index (κ1) is 17.4. The molecule has 2 N–H and O–H groups in total. The van der Waals surface area contributed by atoms with E-state index in [9.17, 15) is 9.90 Å². The molecule has 0 bridgehead atoms. The van der Waals surface area contributed by atoms with Crippen LogP contribution in [0.25, 0.3) is 5.69 Å². The summed E-state index contributed by atoms with van der Waals surface area (Å²) < 4.78 is 1.51. The third-order valence-corrected chi connectivity index (χ3v) is 3.96. The van der Waals surface area contributed by atoms with Crippen molar-refractivity contribution in [3.05, 3.63) is 41.4 Å². The van der Waals surface area contributed by atoms with Crippen molar-refractivity contribution in [2.75, 3.05) is 0 Å². The van der Waals surface area contributed by atoms with Crippen molar-refractivity contribution in [3.63, 3.8) is 0 Å². The average molecular weight is 337 g/mol. The summed E-state index contributed by atoms with van der Waals surface area (Å²) >= 11 is 6.03. The number of carbonyl (C=O) groups is 1. The predicted molar refractivity (Wildman–Crippen MR) is 88.8 cm³/mol. The van der Waals surface area contributed by atoms with E-state index in [2.05, 4.69) is 15.4 Å². The number of carbonyl (C=O) groups excluding carboxylic acids is 1. The molecule has 1 amide bonds. The van der Waals surface area contributed by atoms with Crippen molar-refractivity contribution in [1.29, 1.82) is 0 Å². The van der Waals surface area contributed by atoms with Gasteiger partial charge in [0.25, 0.3) is 5.91 Å². The molecule has 0 saturated heterocycles. The van der Waals surface area contributed by atoms with Gasteiger partial charge in [0.05, 0.1) is 23.4 Å². The minimum absolute atomic E-state index is 0.0504. The number of hydrogen-bond donors (Lipinski definition) is 2. The third kappa shape index (κ3) is 4.09. The molecular formula is C16H21ClN4O2. The van der Waals surface area contributed by atoms with E-state index in [0.717, 1.165) is 0 Å². The maximum Gasteiger partial charge on any atom is 0.253 e. The number of aromatic nitrogens is 3. The summed E-state index contributed by atoms with van der Waals surface area (Å²) in [4.78, 5) is 16.6. The molecule has 0 saturated carbocycles. The quantitative estimate of drug-likeness (QED) is 0.849. The highest BCUT2D eigenvalue weighted by Crippen LogP contribution is 2.20. The molecule has 2 atom stereocenters. The highest BCUT2D eigenvalue weighted by atomic mass is 35.5. The van der Waals surface area contributed by atoms with Crippen molar-refractivity contribution >= 4 is 17.5 Å². The Morgan fingerprint density at radius 3 is 2.74 bits per heavy atom. The summed E-state index contributed by atoms with van der Waals surface area (Å²) in [6.07, 6.45) is 2.93. The van der Waals surface area contributed by atoms with Crippen LogP contribution in [0.15, 0.2) is 30.9 Å². The molecule has 2 rings (SSSR count). The predicted octanol–water partition coefficient (Wildman–Crippen LogP) is 2.45. The SMILES string of the molecule is CCC(NC(=O)c1cc(Cl)ccc1-n1cncn1)C(O)C(C)C. The topological polar surface area (TPSA) is 80.0 Å². The van der Waals surface area contributed by atoms with Crippen LogP contribution in [0.5, 0.6) is 0 Å². The zero-order valence-corrected chi connectivity index (χ0v) is 14.2. The van der Waals surface area contributed by atoms with E-state index in [-0.39, 0.29) is 17.9 Å². The minimum atomic E-state index is -0.613. The second kappa shape index (κ2) is 7.57. The fraction of sp³-hybridized carbons (Fsp3) is 0.438. The number of halogens is 1. The molecule has 1 aromatic heterocycles. The standard InChI is InChI=1S/C16H21ClN4O2/c1-4-13(15(22)10(2)3)20-16(23)12-7-11(17)5-6-14(12)21-9-18-8-19-21/h5-10,13,15,22H,4H2,1-3H3,(H,20,23). The van der Waals surface area contributed by atoms with Gasteiger partial charge in [-0.2, -0.15) is 5.10 Å². The number of rotatable bonds is 6. The Bertz CT molecular complexity index is 658. The lowest BCUT2D eigenvalue weighted by molar-refractivity contribution is 0.0678. The molecule has 1 aromatic carbocycles. The molecule has 0 spiro atoms. The van der Waals surface area contributed by atoms with Crippen molar-refractivity contribution in [2.45, 2.75) is 39.3 Å². The maximum atomic E-state index is 12.7. The Labute approximate surface area is 140 Å². The number of hydrogen-bond acceptors (Lipinski definition) is 4. The van der Waals surface area contributed by atoms with E-state index >= 15 is 0 Å². The molecule has 7 heteroatoms. The van der Waals surface area contributed by atoms with Crippen molar-refractivity contribution in [3.8, 4) is 5.69 Å². The zero-order chi connectivity index (χ0) is 17.0. The van der Waals surface area contributed by atoms with E-state index < -0.39 is 6.10 Å². The van der Waals surface area contributed by atoms with Crippen LogP contribution in [0.1, 0.15) is 37.6 Å². The van der Waals surface area contributed by atoms with E-state index in [1.54, 1.807) is 18.2 Å². The lowest BCUT2D eigenvalue weighted by Crippen LogP contribution is -2.45. The fourth-order valence-electron chi connectivity index (χ4n) is 2.36. The van der Waals surface area contributed by atoms with E-state index in [1.807, 2.05) is 20.8 Å². The van der Waals surface area contributed by atoms with Crippen LogP contribution in [0, 0.1) is 5.92 Å². The molecule has 0 fully saturated rings. The van der Waals surface area contributed by atoms with E-state index in [1.165, 1.54) is 17.3 Å². The Balaban J connectivity index is 2.30. The molecule has 0 radical (unpaired) electrons. The summed E-state index contributed by atoms with van der Waals surface area (Å²) in [6, 6.07) is 4.66. The summed E-state index contributed by atoms with van der Waals surface area (Å²) in [5.41, 5.74) is 0.968. The first-order valence-electron chi connectivity index (χ1n) is 7.57. The van der Waals surface area contributed by atoms with Gasteiger partial charge < -0.3 is 10.4 Å². The van der Waals surface area contributed by atoms with Gasteiger partial charge in [-0.25, -0.2) is 9.67 Å². The third-order valence-electron chi connectivity index (χ3n) is 3.72. The van der Waals surface area contributed by atoms with Gasteiger partial charge in [0, 0.05) is 5.02 Å². The van der Waals surface area contributed by atoms with Gasteiger partial charge in [-0.1, -0.05) is 32.4 Å². The van der Waals surface area contributed by atoms with Crippen molar-refractivity contribution < 1.29 is 9.90 Å². The number of aliphatic hydroxyl groups is 1. The summed E-state index contributed by atoms with van der Waals surface area (Å²) in [6.45, 7) is 5.76. The van der Waals surface area contributed by atoms with Crippen LogP contribution >= 0.6 is 11.6 Å². The largest absolute Gasteiger partial charge is 0.391 e. The normalized spacial score (nSPS) is 13.8. The first-order valence-corrected chi connectivity index (χ1v) is 7.95. The van der Waals surface area contributed by atoms with E-state index in [0.29, 0.717) is 22.7 Å². The molecule has 1 heterocycles. The minimum Gasteiger partial charge on any atom is -0.391 e. The van der Waals surface area contributed by atoms with Crippen molar-refractivity contribution in [1.82, 2.24) is 20.1 Å².